The van der Waals surface area contributed by atoms with Crippen molar-refractivity contribution in [2.75, 3.05) is 26.4 Å². The number of esters is 1. The van der Waals surface area contributed by atoms with Gasteiger partial charge >= 0.3 is 13.8 Å². The lowest BCUT2D eigenvalue weighted by atomic mass is 10.0. The van der Waals surface area contributed by atoms with Crippen molar-refractivity contribution >= 4 is 13.8 Å². The largest absolute Gasteiger partial charge is 0.492 e. The number of carbonyl (C=O) groups is 1. The van der Waals surface area contributed by atoms with Gasteiger partial charge < -0.3 is 20.1 Å². The number of hydrogen-bond donors (Lipinski definition) is 2. The van der Waals surface area contributed by atoms with Crippen LogP contribution in [0.5, 0.6) is 0 Å². The summed E-state index contributed by atoms with van der Waals surface area (Å²) in [6.07, 6.45) is 46.9. The highest BCUT2D eigenvalue weighted by atomic mass is 31.2. The lowest BCUT2D eigenvalue weighted by molar-refractivity contribution is -0.147. The summed E-state index contributed by atoms with van der Waals surface area (Å²) in [5.74, 6) is -0.294. The number of allylic oxidation sites excluding steroid dienone is 5. The third kappa shape index (κ3) is 39.8. The molecule has 0 saturated heterocycles. The minimum absolute atomic E-state index is 0.0649. The van der Waals surface area contributed by atoms with Crippen LogP contribution in [0.1, 0.15) is 200 Å². The standard InChI is InChI=1S/C43H82NO7P/c1-3-5-7-9-11-13-15-17-19-20-21-22-23-24-26-28-30-32-34-36-43(45)49-40-42(41-51-52(46,47)50-39-37-44)48-38-35-33-31-29-27-25-18-16-14-12-10-8-6-4-2/h11,13,17,19,35,38,42H,3-10,12,14-16,18,20-34,36-37,39-41,44H2,1-2H3,(H,46,47). The summed E-state index contributed by atoms with van der Waals surface area (Å²) in [5.41, 5.74) is 5.36. The van der Waals surface area contributed by atoms with Crippen LogP contribution >= 0.6 is 7.82 Å². The van der Waals surface area contributed by atoms with E-state index < -0.39 is 13.9 Å². The van der Waals surface area contributed by atoms with E-state index in [1.54, 1.807) is 6.26 Å². The molecule has 9 heteroatoms. The molecule has 2 unspecified atom stereocenters. The number of carbonyl (C=O) groups excluding carboxylic acids is 1. The van der Waals surface area contributed by atoms with Crippen molar-refractivity contribution in [2.24, 2.45) is 5.73 Å². The summed E-state index contributed by atoms with van der Waals surface area (Å²) < 4.78 is 33.2. The predicted molar refractivity (Wildman–Crippen MR) is 219 cm³/mol. The molecule has 0 heterocycles. The fourth-order valence-electron chi connectivity index (χ4n) is 5.89. The Hall–Kier alpha value is -1.44. The molecule has 0 fully saturated rings. The van der Waals surface area contributed by atoms with E-state index in [0.717, 1.165) is 38.5 Å². The molecule has 0 aliphatic rings. The Morgan fingerprint density at radius 3 is 1.56 bits per heavy atom. The molecule has 0 rings (SSSR count). The zero-order chi connectivity index (χ0) is 38.1. The van der Waals surface area contributed by atoms with Crippen molar-refractivity contribution < 1.29 is 32.8 Å². The molecule has 0 aromatic rings. The number of ether oxygens (including phenoxy) is 2. The van der Waals surface area contributed by atoms with Crippen molar-refractivity contribution in [1.82, 2.24) is 0 Å². The van der Waals surface area contributed by atoms with E-state index in [4.69, 9.17) is 24.3 Å². The van der Waals surface area contributed by atoms with Gasteiger partial charge in [-0.25, -0.2) is 4.57 Å². The summed E-state index contributed by atoms with van der Waals surface area (Å²) >= 11 is 0. The average molecular weight is 756 g/mol. The number of rotatable bonds is 41. The van der Waals surface area contributed by atoms with Crippen LogP contribution in [0.2, 0.25) is 0 Å². The van der Waals surface area contributed by atoms with Crippen LogP contribution in [0.4, 0.5) is 0 Å². The van der Waals surface area contributed by atoms with Crippen LogP contribution in [0.25, 0.3) is 0 Å². The van der Waals surface area contributed by atoms with Gasteiger partial charge in [0, 0.05) is 13.0 Å². The molecule has 52 heavy (non-hydrogen) atoms. The number of phosphoric acid groups is 1. The van der Waals surface area contributed by atoms with Gasteiger partial charge in [-0.3, -0.25) is 13.8 Å². The minimum Gasteiger partial charge on any atom is -0.492 e. The van der Waals surface area contributed by atoms with E-state index in [1.165, 1.54) is 141 Å². The summed E-state index contributed by atoms with van der Waals surface area (Å²) in [7, 11) is -4.26. The van der Waals surface area contributed by atoms with Crippen LogP contribution < -0.4 is 5.73 Å². The molecule has 306 valence electrons. The van der Waals surface area contributed by atoms with E-state index in [2.05, 4.69) is 38.2 Å². The zero-order valence-corrected chi connectivity index (χ0v) is 34.7. The van der Waals surface area contributed by atoms with Crippen LogP contribution in [0.15, 0.2) is 36.6 Å². The zero-order valence-electron chi connectivity index (χ0n) is 33.8. The van der Waals surface area contributed by atoms with E-state index in [-0.39, 0.29) is 32.3 Å². The van der Waals surface area contributed by atoms with Gasteiger partial charge in [-0.05, 0) is 57.4 Å². The summed E-state index contributed by atoms with van der Waals surface area (Å²) in [6.45, 7) is 4.20. The molecule has 8 nitrogen and oxygen atoms in total. The van der Waals surface area contributed by atoms with Gasteiger partial charge in [-0.15, -0.1) is 0 Å². The van der Waals surface area contributed by atoms with E-state index in [1.807, 2.05) is 6.08 Å². The van der Waals surface area contributed by atoms with Crippen molar-refractivity contribution in [3.05, 3.63) is 36.6 Å². The Bertz CT molecular complexity index is 895. The van der Waals surface area contributed by atoms with Gasteiger partial charge in [0.15, 0.2) is 6.10 Å². The van der Waals surface area contributed by atoms with Crippen molar-refractivity contribution in [3.8, 4) is 0 Å². The highest BCUT2D eigenvalue weighted by molar-refractivity contribution is 7.47. The van der Waals surface area contributed by atoms with Crippen molar-refractivity contribution in [1.29, 1.82) is 0 Å². The molecule has 0 radical (unpaired) electrons. The lowest BCUT2D eigenvalue weighted by Crippen LogP contribution is -2.25. The molecule has 0 spiro atoms. The first kappa shape index (κ1) is 50.6. The lowest BCUT2D eigenvalue weighted by Gasteiger charge is -2.19. The van der Waals surface area contributed by atoms with E-state index in [9.17, 15) is 14.3 Å². The minimum atomic E-state index is -4.26. The van der Waals surface area contributed by atoms with Crippen LogP contribution in [-0.2, 0) is 27.9 Å². The Morgan fingerprint density at radius 2 is 1.04 bits per heavy atom. The maximum Gasteiger partial charge on any atom is 0.472 e. The Morgan fingerprint density at radius 1 is 0.596 bits per heavy atom. The third-order valence-electron chi connectivity index (χ3n) is 9.15. The second-order valence-electron chi connectivity index (χ2n) is 14.3. The first-order valence-corrected chi connectivity index (χ1v) is 23.0. The second kappa shape index (κ2) is 40.7. The molecule has 0 aromatic carbocycles. The topological polar surface area (TPSA) is 117 Å². The second-order valence-corrected chi connectivity index (χ2v) is 15.7. The maximum atomic E-state index is 12.4. The monoisotopic (exact) mass is 756 g/mol. The maximum absolute atomic E-state index is 12.4. The molecule has 0 aliphatic heterocycles. The van der Waals surface area contributed by atoms with Gasteiger partial charge in [0.2, 0.25) is 0 Å². The van der Waals surface area contributed by atoms with E-state index in [0.29, 0.717) is 6.42 Å². The molecule has 0 aliphatic carbocycles. The summed E-state index contributed by atoms with van der Waals surface area (Å²) in [6, 6.07) is 0. The Labute approximate surface area is 320 Å². The van der Waals surface area contributed by atoms with Gasteiger partial charge in [0.05, 0.1) is 19.5 Å². The predicted octanol–water partition coefficient (Wildman–Crippen LogP) is 13.0. The van der Waals surface area contributed by atoms with Crippen molar-refractivity contribution in [2.45, 2.75) is 206 Å². The molecule has 2 atom stereocenters. The van der Waals surface area contributed by atoms with E-state index >= 15 is 0 Å². The molecule has 0 bridgehead atoms. The smallest absolute Gasteiger partial charge is 0.472 e. The molecule has 0 aromatic heterocycles. The van der Waals surface area contributed by atoms with Gasteiger partial charge in [-0.1, -0.05) is 167 Å². The summed E-state index contributed by atoms with van der Waals surface area (Å²) in [4.78, 5) is 22.3. The SMILES string of the molecule is CCCCCC=CCC=CCCCCCCCCCCCC(=O)OCC(COP(=O)(O)OCCN)OC=CCCCCCCCCCCCCCC. The number of unbranched alkanes of at least 4 members (excludes halogenated alkanes) is 24. The van der Waals surface area contributed by atoms with Crippen LogP contribution in [0, 0.1) is 0 Å². The van der Waals surface area contributed by atoms with Crippen LogP contribution in [-0.4, -0.2) is 43.3 Å². The Kier molecular flexibility index (Phi) is 39.6. The normalized spacial score (nSPS) is 13.8. The molecular weight excluding hydrogens is 673 g/mol. The highest BCUT2D eigenvalue weighted by Crippen LogP contribution is 2.43. The highest BCUT2D eigenvalue weighted by Gasteiger charge is 2.24. The Balaban J connectivity index is 4.05. The number of hydrogen-bond acceptors (Lipinski definition) is 7. The quantitative estimate of drug-likeness (QED) is 0.0208. The third-order valence-corrected chi connectivity index (χ3v) is 10.1. The fraction of sp³-hybridized carbons (Fsp3) is 0.837. The van der Waals surface area contributed by atoms with Crippen LogP contribution in [0.3, 0.4) is 0 Å². The molecule has 3 N–H and O–H groups in total. The molecular formula is C43H82NO7P. The van der Waals surface area contributed by atoms with Gasteiger partial charge in [-0.2, -0.15) is 0 Å². The fourth-order valence-corrected chi connectivity index (χ4v) is 6.66. The number of nitrogens with two attached hydrogens (primary N) is 1. The number of phosphoric ester groups is 1. The first-order chi connectivity index (χ1) is 25.4. The molecule has 0 saturated carbocycles. The first-order valence-electron chi connectivity index (χ1n) is 21.5. The van der Waals surface area contributed by atoms with Gasteiger partial charge in [0.1, 0.15) is 6.61 Å². The van der Waals surface area contributed by atoms with Gasteiger partial charge in [0.25, 0.3) is 0 Å². The summed E-state index contributed by atoms with van der Waals surface area (Å²) in [5, 5.41) is 0. The van der Waals surface area contributed by atoms with Crippen molar-refractivity contribution in [3.63, 3.8) is 0 Å². The average Bonchev–Trinajstić information content (AvgIpc) is 3.14. The molecule has 0 amide bonds.